The molecule has 0 atom stereocenters. The van der Waals surface area contributed by atoms with Crippen molar-refractivity contribution in [2.75, 3.05) is 27.2 Å². The minimum Gasteiger partial charge on any atom is -0.351 e. The van der Waals surface area contributed by atoms with Gasteiger partial charge in [-0.05, 0) is 55.9 Å². The second-order valence-corrected chi connectivity index (χ2v) is 7.02. The van der Waals surface area contributed by atoms with E-state index in [2.05, 4.69) is 29.0 Å². The molecule has 0 aliphatic rings. The average molecular weight is 329 g/mol. The number of benzene rings is 1. The Kier molecular flexibility index (Phi) is 5.67. The van der Waals surface area contributed by atoms with E-state index in [0.29, 0.717) is 17.8 Å². The van der Waals surface area contributed by atoms with E-state index < -0.39 is 0 Å². The predicted molar refractivity (Wildman–Crippen MR) is 94.3 cm³/mol. The van der Waals surface area contributed by atoms with E-state index in [1.165, 1.54) is 12.1 Å². The summed E-state index contributed by atoms with van der Waals surface area (Å²) in [6.07, 6.45) is 1.55. The van der Waals surface area contributed by atoms with Gasteiger partial charge in [0.1, 0.15) is 5.82 Å². The Hall–Kier alpha value is -2.27. The molecule has 1 amide bonds. The van der Waals surface area contributed by atoms with Gasteiger partial charge in [0, 0.05) is 24.8 Å². The third-order valence-electron chi connectivity index (χ3n) is 3.64. The summed E-state index contributed by atoms with van der Waals surface area (Å²) in [7, 11) is 4.03. The second-order valence-electron chi connectivity index (χ2n) is 7.02. The summed E-state index contributed by atoms with van der Waals surface area (Å²) in [6, 6.07) is 9.63. The number of carbonyl (C=O) groups is 1. The SMILES string of the molecule is CN(C)CC(C)(C)CNC(=O)c1ccc(-c2ccc(F)cc2)nc1. The van der Waals surface area contributed by atoms with Crippen LogP contribution in [0.2, 0.25) is 0 Å². The van der Waals surface area contributed by atoms with E-state index in [1.54, 1.807) is 30.5 Å². The summed E-state index contributed by atoms with van der Waals surface area (Å²) in [4.78, 5) is 18.7. The minimum absolute atomic E-state index is 0.0133. The van der Waals surface area contributed by atoms with Crippen LogP contribution in [0.3, 0.4) is 0 Å². The molecule has 0 saturated carbocycles. The minimum atomic E-state index is -0.282. The van der Waals surface area contributed by atoms with Crippen LogP contribution in [0.15, 0.2) is 42.6 Å². The summed E-state index contributed by atoms with van der Waals surface area (Å²) < 4.78 is 13.0. The summed E-state index contributed by atoms with van der Waals surface area (Å²) >= 11 is 0. The molecule has 24 heavy (non-hydrogen) atoms. The second kappa shape index (κ2) is 7.53. The fraction of sp³-hybridized carbons (Fsp3) is 0.368. The highest BCUT2D eigenvalue weighted by Crippen LogP contribution is 2.18. The molecule has 0 aliphatic heterocycles. The van der Waals surface area contributed by atoms with E-state index in [0.717, 1.165) is 12.1 Å². The topological polar surface area (TPSA) is 45.2 Å². The highest BCUT2D eigenvalue weighted by atomic mass is 19.1. The van der Waals surface area contributed by atoms with Crippen molar-refractivity contribution in [3.05, 3.63) is 54.0 Å². The van der Waals surface area contributed by atoms with E-state index >= 15 is 0 Å². The quantitative estimate of drug-likeness (QED) is 0.885. The zero-order valence-electron chi connectivity index (χ0n) is 14.6. The van der Waals surface area contributed by atoms with Crippen molar-refractivity contribution >= 4 is 5.91 Å². The van der Waals surface area contributed by atoms with E-state index in [-0.39, 0.29) is 17.1 Å². The maximum Gasteiger partial charge on any atom is 0.252 e. The molecule has 0 fully saturated rings. The van der Waals surface area contributed by atoms with Crippen molar-refractivity contribution in [1.29, 1.82) is 0 Å². The van der Waals surface area contributed by atoms with Crippen LogP contribution in [0.1, 0.15) is 24.2 Å². The van der Waals surface area contributed by atoms with Gasteiger partial charge < -0.3 is 10.2 Å². The Balaban J connectivity index is 2.00. The number of hydrogen-bond donors (Lipinski definition) is 1. The fourth-order valence-corrected chi connectivity index (χ4v) is 2.65. The van der Waals surface area contributed by atoms with Crippen LogP contribution >= 0.6 is 0 Å². The molecule has 2 rings (SSSR count). The van der Waals surface area contributed by atoms with Gasteiger partial charge in [-0.15, -0.1) is 0 Å². The standard InChI is InChI=1S/C19H24FN3O/c1-19(2,13-23(3)4)12-22-18(24)15-7-10-17(21-11-15)14-5-8-16(20)9-6-14/h5-11H,12-13H2,1-4H3,(H,22,24). The number of halogens is 1. The lowest BCUT2D eigenvalue weighted by Gasteiger charge is -2.28. The molecule has 2 aromatic rings. The van der Waals surface area contributed by atoms with Crippen LogP contribution in [0, 0.1) is 11.2 Å². The van der Waals surface area contributed by atoms with Gasteiger partial charge in [0.15, 0.2) is 0 Å². The molecule has 1 N–H and O–H groups in total. The highest BCUT2D eigenvalue weighted by molar-refractivity contribution is 5.94. The molecule has 128 valence electrons. The number of rotatable bonds is 6. The molecule has 5 heteroatoms. The number of nitrogens with zero attached hydrogens (tertiary/aromatic N) is 2. The van der Waals surface area contributed by atoms with Gasteiger partial charge in [-0.1, -0.05) is 13.8 Å². The lowest BCUT2D eigenvalue weighted by molar-refractivity contribution is 0.0929. The Morgan fingerprint density at radius 3 is 2.38 bits per heavy atom. The number of carbonyl (C=O) groups excluding carboxylic acids is 1. The molecule has 4 nitrogen and oxygen atoms in total. The first-order chi connectivity index (χ1) is 11.3. The van der Waals surface area contributed by atoms with Crippen LogP contribution in [0.5, 0.6) is 0 Å². The molecule has 0 aliphatic carbocycles. The molecule has 0 saturated heterocycles. The number of pyridine rings is 1. The van der Waals surface area contributed by atoms with Crippen molar-refractivity contribution in [3.63, 3.8) is 0 Å². The van der Waals surface area contributed by atoms with Crippen LogP contribution in [-0.2, 0) is 0 Å². The third-order valence-corrected chi connectivity index (χ3v) is 3.64. The number of amides is 1. The van der Waals surface area contributed by atoms with Gasteiger partial charge in [0.2, 0.25) is 0 Å². The number of hydrogen-bond acceptors (Lipinski definition) is 3. The van der Waals surface area contributed by atoms with E-state index in [9.17, 15) is 9.18 Å². The summed E-state index contributed by atoms with van der Waals surface area (Å²) in [6.45, 7) is 5.70. The van der Waals surface area contributed by atoms with E-state index in [1.807, 2.05) is 14.1 Å². The molecule has 1 aromatic carbocycles. The molecule has 1 heterocycles. The lowest BCUT2D eigenvalue weighted by atomic mass is 9.93. The van der Waals surface area contributed by atoms with Crippen LogP contribution in [0.4, 0.5) is 4.39 Å². The number of aromatic nitrogens is 1. The molecular weight excluding hydrogens is 305 g/mol. The van der Waals surface area contributed by atoms with Gasteiger partial charge in [0.05, 0.1) is 11.3 Å². The third kappa shape index (κ3) is 5.13. The first-order valence-electron chi connectivity index (χ1n) is 7.92. The maximum atomic E-state index is 13.0. The van der Waals surface area contributed by atoms with Crippen molar-refractivity contribution < 1.29 is 9.18 Å². The Morgan fingerprint density at radius 2 is 1.83 bits per heavy atom. The van der Waals surface area contributed by atoms with Crippen LogP contribution in [0.25, 0.3) is 11.3 Å². The molecule has 0 radical (unpaired) electrons. The smallest absolute Gasteiger partial charge is 0.252 e. The molecule has 0 bridgehead atoms. The molecule has 1 aromatic heterocycles. The summed E-state index contributed by atoms with van der Waals surface area (Å²) in [5, 5.41) is 2.96. The van der Waals surface area contributed by atoms with Gasteiger partial charge in [-0.25, -0.2) is 4.39 Å². The largest absolute Gasteiger partial charge is 0.351 e. The normalized spacial score (nSPS) is 11.6. The Bertz CT molecular complexity index is 679. The highest BCUT2D eigenvalue weighted by Gasteiger charge is 2.20. The monoisotopic (exact) mass is 329 g/mol. The maximum absolute atomic E-state index is 13.0. The van der Waals surface area contributed by atoms with Crippen molar-refractivity contribution in [2.45, 2.75) is 13.8 Å². The molecule has 0 spiro atoms. The van der Waals surface area contributed by atoms with Gasteiger partial charge in [-0.3, -0.25) is 9.78 Å². The van der Waals surface area contributed by atoms with Crippen LogP contribution in [-0.4, -0.2) is 43.0 Å². The Labute approximate surface area is 142 Å². The summed E-state index contributed by atoms with van der Waals surface area (Å²) in [5.74, 6) is -0.421. The van der Waals surface area contributed by atoms with Crippen molar-refractivity contribution in [1.82, 2.24) is 15.2 Å². The fourth-order valence-electron chi connectivity index (χ4n) is 2.65. The molecule has 0 unspecified atom stereocenters. The first-order valence-corrected chi connectivity index (χ1v) is 7.92. The Morgan fingerprint density at radius 1 is 1.17 bits per heavy atom. The number of nitrogens with one attached hydrogen (secondary N) is 1. The van der Waals surface area contributed by atoms with Gasteiger partial charge >= 0.3 is 0 Å². The zero-order valence-corrected chi connectivity index (χ0v) is 14.6. The van der Waals surface area contributed by atoms with Crippen molar-refractivity contribution in [2.24, 2.45) is 5.41 Å². The van der Waals surface area contributed by atoms with Crippen molar-refractivity contribution in [3.8, 4) is 11.3 Å². The lowest BCUT2D eigenvalue weighted by Crippen LogP contribution is -2.40. The zero-order chi connectivity index (χ0) is 17.7. The van der Waals surface area contributed by atoms with Crippen LogP contribution < -0.4 is 5.32 Å². The predicted octanol–water partition coefficient (Wildman–Crippen LogP) is 3.21. The first kappa shape index (κ1) is 18.1. The molecular formula is C19H24FN3O. The van der Waals surface area contributed by atoms with Gasteiger partial charge in [-0.2, -0.15) is 0 Å². The van der Waals surface area contributed by atoms with Gasteiger partial charge in [0.25, 0.3) is 5.91 Å². The summed E-state index contributed by atoms with van der Waals surface area (Å²) in [5.41, 5.74) is 2.03. The van der Waals surface area contributed by atoms with E-state index in [4.69, 9.17) is 0 Å². The average Bonchev–Trinajstić information content (AvgIpc) is 2.52.